The molecule has 54 valence electrons. The van der Waals surface area contributed by atoms with Gasteiger partial charge in [-0.1, -0.05) is 12.1 Å². The molecular formula is C6H14N2O. The Balaban J connectivity index is 3.21. The van der Waals surface area contributed by atoms with E-state index in [0.29, 0.717) is 13.2 Å². The molecule has 0 aliphatic heterocycles. The van der Waals surface area contributed by atoms with Crippen LogP contribution in [0.2, 0.25) is 0 Å². The van der Waals surface area contributed by atoms with E-state index in [0.717, 1.165) is 12.1 Å². The van der Waals surface area contributed by atoms with Crippen molar-refractivity contribution in [2.75, 3.05) is 13.2 Å². The average molecular weight is 130 g/mol. The normalized spacial score (nSPS) is 11.7. The molecule has 0 aromatic carbocycles. The van der Waals surface area contributed by atoms with E-state index in [1.54, 1.807) is 0 Å². The lowest BCUT2D eigenvalue weighted by Gasteiger charge is -1.95. The predicted molar refractivity (Wildman–Crippen MR) is 38.4 cm³/mol. The summed E-state index contributed by atoms with van der Waals surface area (Å²) in [7, 11) is 0. The summed E-state index contributed by atoms with van der Waals surface area (Å²) in [5.41, 5.74) is 6.08. The summed E-state index contributed by atoms with van der Waals surface area (Å²) in [6.07, 6.45) is 0.987. The van der Waals surface area contributed by atoms with Crippen LogP contribution in [0.25, 0.3) is 0 Å². The highest BCUT2D eigenvalue weighted by atomic mass is 16.6. The van der Waals surface area contributed by atoms with Gasteiger partial charge in [-0.25, -0.2) is 0 Å². The predicted octanol–water partition coefficient (Wildman–Crippen LogP) is 0.748. The van der Waals surface area contributed by atoms with E-state index < -0.39 is 0 Å². The van der Waals surface area contributed by atoms with Crippen molar-refractivity contribution >= 4 is 5.71 Å². The molecule has 0 bridgehead atoms. The van der Waals surface area contributed by atoms with Gasteiger partial charge in [0.1, 0.15) is 6.61 Å². The van der Waals surface area contributed by atoms with Crippen LogP contribution in [0, 0.1) is 0 Å². The Morgan fingerprint density at radius 2 is 2.33 bits per heavy atom. The highest BCUT2D eigenvalue weighted by molar-refractivity contribution is 5.83. The Morgan fingerprint density at radius 1 is 1.67 bits per heavy atom. The minimum absolute atomic E-state index is 0.476. The molecule has 0 spiro atoms. The first-order valence-electron chi connectivity index (χ1n) is 3.16. The standard InChI is InChI=1S/C6H14N2O/c1-3-4-9-8-6(2)5-7/h3-5,7H2,1-2H3/b8-6+. The zero-order valence-electron chi connectivity index (χ0n) is 6.05. The largest absolute Gasteiger partial charge is 0.396 e. The molecule has 0 radical (unpaired) electrons. The second-order valence-corrected chi connectivity index (χ2v) is 1.86. The van der Waals surface area contributed by atoms with E-state index in [1.165, 1.54) is 0 Å². The topological polar surface area (TPSA) is 47.6 Å². The summed E-state index contributed by atoms with van der Waals surface area (Å²) in [6.45, 7) is 5.03. The van der Waals surface area contributed by atoms with Gasteiger partial charge in [-0.2, -0.15) is 0 Å². The molecule has 0 amide bonds. The van der Waals surface area contributed by atoms with Crippen molar-refractivity contribution in [3.63, 3.8) is 0 Å². The van der Waals surface area contributed by atoms with Gasteiger partial charge in [0.2, 0.25) is 0 Å². The van der Waals surface area contributed by atoms with Gasteiger partial charge in [0.15, 0.2) is 0 Å². The summed E-state index contributed by atoms with van der Waals surface area (Å²) < 4.78 is 0. The summed E-state index contributed by atoms with van der Waals surface area (Å²) in [4.78, 5) is 4.84. The molecule has 0 fully saturated rings. The molecule has 3 nitrogen and oxygen atoms in total. The van der Waals surface area contributed by atoms with Gasteiger partial charge in [0.25, 0.3) is 0 Å². The van der Waals surface area contributed by atoms with Crippen molar-refractivity contribution in [3.8, 4) is 0 Å². The Kier molecular flexibility index (Phi) is 5.21. The Labute approximate surface area is 55.9 Å². The first-order chi connectivity index (χ1) is 4.31. The lowest BCUT2D eigenvalue weighted by Crippen LogP contribution is -2.10. The van der Waals surface area contributed by atoms with Crippen LogP contribution in [0.3, 0.4) is 0 Å². The third kappa shape index (κ3) is 5.30. The van der Waals surface area contributed by atoms with E-state index in [2.05, 4.69) is 5.16 Å². The van der Waals surface area contributed by atoms with Crippen LogP contribution in [-0.2, 0) is 4.84 Å². The lowest BCUT2D eigenvalue weighted by atomic mass is 10.4. The molecule has 0 aliphatic carbocycles. The van der Waals surface area contributed by atoms with Crippen LogP contribution in [-0.4, -0.2) is 18.9 Å². The maximum absolute atomic E-state index is 5.24. The number of nitrogens with two attached hydrogens (primary N) is 1. The Hall–Kier alpha value is -0.570. The van der Waals surface area contributed by atoms with Crippen LogP contribution in [0.15, 0.2) is 5.16 Å². The van der Waals surface area contributed by atoms with Gasteiger partial charge in [-0.05, 0) is 13.3 Å². The third-order valence-electron chi connectivity index (χ3n) is 0.811. The molecule has 0 saturated carbocycles. The van der Waals surface area contributed by atoms with Gasteiger partial charge in [-0.15, -0.1) is 0 Å². The highest BCUT2D eigenvalue weighted by Gasteiger charge is 1.83. The first kappa shape index (κ1) is 8.43. The minimum Gasteiger partial charge on any atom is -0.396 e. The number of hydrogen-bond donors (Lipinski definition) is 1. The molecule has 3 heteroatoms. The second kappa shape index (κ2) is 5.56. The van der Waals surface area contributed by atoms with Gasteiger partial charge in [0, 0.05) is 6.54 Å². The average Bonchev–Trinajstić information content (AvgIpc) is 1.89. The molecule has 0 rings (SSSR count). The molecule has 0 aromatic heterocycles. The molecule has 2 N–H and O–H groups in total. The summed E-state index contributed by atoms with van der Waals surface area (Å²) in [5, 5.41) is 3.72. The minimum atomic E-state index is 0.476. The van der Waals surface area contributed by atoms with Gasteiger partial charge >= 0.3 is 0 Å². The zero-order valence-corrected chi connectivity index (χ0v) is 6.05. The molecule has 0 aromatic rings. The van der Waals surface area contributed by atoms with Gasteiger partial charge in [-0.3, -0.25) is 0 Å². The van der Waals surface area contributed by atoms with Crippen LogP contribution in [0.1, 0.15) is 20.3 Å². The summed E-state index contributed by atoms with van der Waals surface area (Å²) >= 11 is 0. The van der Waals surface area contributed by atoms with E-state index in [1.807, 2.05) is 13.8 Å². The van der Waals surface area contributed by atoms with Crippen molar-refractivity contribution in [2.45, 2.75) is 20.3 Å². The van der Waals surface area contributed by atoms with Crippen LogP contribution < -0.4 is 5.73 Å². The fourth-order valence-electron chi connectivity index (χ4n) is 0.284. The van der Waals surface area contributed by atoms with Crippen molar-refractivity contribution in [3.05, 3.63) is 0 Å². The van der Waals surface area contributed by atoms with Crippen LogP contribution in [0.4, 0.5) is 0 Å². The molecule has 0 saturated heterocycles. The highest BCUT2D eigenvalue weighted by Crippen LogP contribution is 1.81. The molecule has 0 atom stereocenters. The number of oxime groups is 1. The summed E-state index contributed by atoms with van der Waals surface area (Å²) in [5.74, 6) is 0. The molecule has 0 aliphatic rings. The first-order valence-corrected chi connectivity index (χ1v) is 3.16. The molecule has 9 heavy (non-hydrogen) atoms. The number of hydrogen-bond acceptors (Lipinski definition) is 3. The smallest absolute Gasteiger partial charge is 0.116 e. The van der Waals surface area contributed by atoms with Crippen LogP contribution >= 0.6 is 0 Å². The van der Waals surface area contributed by atoms with Gasteiger partial charge < -0.3 is 10.6 Å². The lowest BCUT2D eigenvalue weighted by molar-refractivity contribution is 0.144. The molecule has 0 unspecified atom stereocenters. The van der Waals surface area contributed by atoms with E-state index in [4.69, 9.17) is 10.6 Å². The van der Waals surface area contributed by atoms with E-state index in [9.17, 15) is 0 Å². The quantitative estimate of drug-likeness (QED) is 0.347. The fraction of sp³-hybridized carbons (Fsp3) is 0.833. The molecule has 0 heterocycles. The van der Waals surface area contributed by atoms with Crippen molar-refractivity contribution in [1.29, 1.82) is 0 Å². The van der Waals surface area contributed by atoms with Crippen LogP contribution in [0.5, 0.6) is 0 Å². The zero-order chi connectivity index (χ0) is 7.11. The van der Waals surface area contributed by atoms with Gasteiger partial charge in [0.05, 0.1) is 5.71 Å². The Bertz CT molecular complexity index is 91.1. The fourth-order valence-corrected chi connectivity index (χ4v) is 0.284. The number of rotatable bonds is 4. The summed E-state index contributed by atoms with van der Waals surface area (Å²) in [6, 6.07) is 0. The third-order valence-corrected chi connectivity index (χ3v) is 0.811. The van der Waals surface area contributed by atoms with E-state index in [-0.39, 0.29) is 0 Å². The SMILES string of the molecule is CCCO/N=C(\C)CN. The van der Waals surface area contributed by atoms with Crippen molar-refractivity contribution < 1.29 is 4.84 Å². The Morgan fingerprint density at radius 3 is 2.78 bits per heavy atom. The van der Waals surface area contributed by atoms with E-state index >= 15 is 0 Å². The maximum Gasteiger partial charge on any atom is 0.116 e. The maximum atomic E-state index is 5.24. The second-order valence-electron chi connectivity index (χ2n) is 1.86. The monoisotopic (exact) mass is 130 g/mol. The molecular weight excluding hydrogens is 116 g/mol. The number of nitrogens with zero attached hydrogens (tertiary/aromatic N) is 1. The van der Waals surface area contributed by atoms with Crippen molar-refractivity contribution in [2.24, 2.45) is 10.9 Å². The van der Waals surface area contributed by atoms with Crippen molar-refractivity contribution in [1.82, 2.24) is 0 Å².